The van der Waals surface area contributed by atoms with Gasteiger partial charge in [0.25, 0.3) is 0 Å². The molecule has 1 N–H and O–H groups in total. The second-order valence-corrected chi connectivity index (χ2v) is 4.89. The lowest BCUT2D eigenvalue weighted by molar-refractivity contribution is 0.211. The van der Waals surface area contributed by atoms with Gasteiger partial charge in [-0.3, -0.25) is 0 Å². The first-order valence-corrected chi connectivity index (χ1v) is 6.70. The summed E-state index contributed by atoms with van der Waals surface area (Å²) in [6.07, 6.45) is -0.897. The topological polar surface area (TPSA) is 29.5 Å². The van der Waals surface area contributed by atoms with Crippen molar-refractivity contribution in [3.63, 3.8) is 0 Å². The fraction of sp³-hybridized carbons (Fsp3) is 0.294. The molecule has 0 amide bonds. The van der Waals surface area contributed by atoms with E-state index in [0.29, 0.717) is 29.0 Å². The number of hydrogen-bond acceptors (Lipinski definition) is 2. The lowest BCUT2D eigenvalue weighted by Gasteiger charge is -2.17. The second-order valence-electron chi connectivity index (χ2n) is 4.89. The van der Waals surface area contributed by atoms with E-state index in [-0.39, 0.29) is 5.82 Å². The molecule has 0 aromatic heterocycles. The van der Waals surface area contributed by atoms with Crippen LogP contribution in [0.1, 0.15) is 35.3 Å². The molecule has 0 spiro atoms. The molecule has 1 atom stereocenters. The SMILES string of the molecule is CCOc1ccc(C)cc1C(O)c1ccc(C)c(F)c1. The summed E-state index contributed by atoms with van der Waals surface area (Å²) >= 11 is 0. The molecule has 20 heavy (non-hydrogen) atoms. The molecule has 2 nitrogen and oxygen atoms in total. The van der Waals surface area contributed by atoms with Gasteiger partial charge in [-0.25, -0.2) is 4.39 Å². The third kappa shape index (κ3) is 2.99. The van der Waals surface area contributed by atoms with Crippen molar-refractivity contribution in [2.45, 2.75) is 26.9 Å². The van der Waals surface area contributed by atoms with Crippen molar-refractivity contribution in [2.75, 3.05) is 6.61 Å². The molecule has 0 heterocycles. The van der Waals surface area contributed by atoms with E-state index in [4.69, 9.17) is 4.74 Å². The van der Waals surface area contributed by atoms with Gasteiger partial charge in [-0.1, -0.05) is 23.8 Å². The van der Waals surface area contributed by atoms with Crippen molar-refractivity contribution in [3.05, 3.63) is 64.5 Å². The highest BCUT2D eigenvalue weighted by atomic mass is 19.1. The maximum Gasteiger partial charge on any atom is 0.126 e. The van der Waals surface area contributed by atoms with Crippen LogP contribution >= 0.6 is 0 Å². The molecule has 0 aliphatic carbocycles. The van der Waals surface area contributed by atoms with Crippen LogP contribution in [0.5, 0.6) is 5.75 Å². The minimum absolute atomic E-state index is 0.313. The van der Waals surface area contributed by atoms with Crippen molar-refractivity contribution in [2.24, 2.45) is 0 Å². The van der Waals surface area contributed by atoms with Gasteiger partial charge in [-0.05, 0) is 50.1 Å². The Balaban J connectivity index is 2.43. The van der Waals surface area contributed by atoms with Crippen LogP contribution in [0.25, 0.3) is 0 Å². The number of halogens is 1. The Bertz CT molecular complexity index is 608. The quantitative estimate of drug-likeness (QED) is 0.915. The Morgan fingerprint density at radius 1 is 1.15 bits per heavy atom. The first kappa shape index (κ1) is 14.5. The summed E-state index contributed by atoms with van der Waals surface area (Å²) in [6.45, 7) is 6.05. The number of hydrogen-bond donors (Lipinski definition) is 1. The third-order valence-electron chi connectivity index (χ3n) is 3.27. The van der Waals surface area contributed by atoms with E-state index in [9.17, 15) is 9.50 Å². The van der Waals surface area contributed by atoms with Crippen LogP contribution in [-0.2, 0) is 0 Å². The number of benzene rings is 2. The molecule has 2 aromatic carbocycles. The highest BCUT2D eigenvalue weighted by molar-refractivity contribution is 5.43. The first-order valence-electron chi connectivity index (χ1n) is 6.70. The van der Waals surface area contributed by atoms with Crippen molar-refractivity contribution in [1.29, 1.82) is 0 Å². The summed E-state index contributed by atoms with van der Waals surface area (Å²) in [6, 6.07) is 10.4. The molecule has 2 rings (SSSR count). The highest BCUT2D eigenvalue weighted by Gasteiger charge is 2.17. The summed E-state index contributed by atoms with van der Waals surface area (Å²) in [5.74, 6) is 0.318. The summed E-state index contributed by atoms with van der Waals surface area (Å²) in [5, 5.41) is 10.5. The van der Waals surface area contributed by atoms with E-state index in [1.165, 1.54) is 6.07 Å². The van der Waals surface area contributed by atoms with Gasteiger partial charge in [0, 0.05) is 5.56 Å². The zero-order chi connectivity index (χ0) is 14.7. The summed E-state index contributed by atoms with van der Waals surface area (Å²) in [4.78, 5) is 0. The van der Waals surface area contributed by atoms with Gasteiger partial charge >= 0.3 is 0 Å². The monoisotopic (exact) mass is 274 g/mol. The normalized spacial score (nSPS) is 12.2. The summed E-state index contributed by atoms with van der Waals surface area (Å²) < 4.78 is 19.2. The third-order valence-corrected chi connectivity index (χ3v) is 3.27. The predicted molar refractivity (Wildman–Crippen MR) is 77.5 cm³/mol. The molecule has 0 saturated carbocycles. The number of aryl methyl sites for hydroxylation is 2. The van der Waals surface area contributed by atoms with E-state index in [0.717, 1.165) is 5.56 Å². The van der Waals surface area contributed by atoms with Crippen molar-refractivity contribution in [1.82, 2.24) is 0 Å². The van der Waals surface area contributed by atoms with Crippen molar-refractivity contribution >= 4 is 0 Å². The molecule has 0 aliphatic heterocycles. The fourth-order valence-electron chi connectivity index (χ4n) is 2.13. The van der Waals surface area contributed by atoms with Gasteiger partial charge in [0.15, 0.2) is 0 Å². The van der Waals surface area contributed by atoms with Crippen molar-refractivity contribution in [3.8, 4) is 5.75 Å². The van der Waals surface area contributed by atoms with Crippen LogP contribution in [0.3, 0.4) is 0 Å². The van der Waals surface area contributed by atoms with E-state index in [1.54, 1.807) is 19.1 Å². The molecule has 2 aromatic rings. The smallest absolute Gasteiger partial charge is 0.126 e. The zero-order valence-corrected chi connectivity index (χ0v) is 12.0. The Morgan fingerprint density at radius 3 is 2.55 bits per heavy atom. The Labute approximate surface area is 118 Å². The highest BCUT2D eigenvalue weighted by Crippen LogP contribution is 2.31. The molecular formula is C17H19FO2. The Hall–Kier alpha value is -1.87. The fourth-order valence-corrected chi connectivity index (χ4v) is 2.13. The molecule has 0 saturated heterocycles. The average molecular weight is 274 g/mol. The van der Waals surface area contributed by atoms with Crippen molar-refractivity contribution < 1.29 is 14.2 Å². The summed E-state index contributed by atoms with van der Waals surface area (Å²) in [5.41, 5.74) is 2.78. The van der Waals surface area contributed by atoms with Crippen LogP contribution < -0.4 is 4.74 Å². The van der Waals surface area contributed by atoms with Gasteiger partial charge in [0.2, 0.25) is 0 Å². The Kier molecular flexibility index (Phi) is 4.40. The van der Waals surface area contributed by atoms with Crippen LogP contribution in [-0.4, -0.2) is 11.7 Å². The standard InChI is InChI=1S/C17H19FO2/c1-4-20-16-8-5-11(2)9-14(16)17(19)13-7-6-12(3)15(18)10-13/h5-10,17,19H,4H2,1-3H3. The lowest BCUT2D eigenvalue weighted by Crippen LogP contribution is -2.05. The minimum Gasteiger partial charge on any atom is -0.493 e. The average Bonchev–Trinajstić information content (AvgIpc) is 2.43. The minimum atomic E-state index is -0.897. The van der Waals surface area contributed by atoms with Crippen LogP contribution in [0.4, 0.5) is 4.39 Å². The number of aliphatic hydroxyl groups is 1. The number of ether oxygens (including phenoxy) is 1. The van der Waals surface area contributed by atoms with Gasteiger partial charge < -0.3 is 9.84 Å². The van der Waals surface area contributed by atoms with Gasteiger partial charge in [0.1, 0.15) is 17.7 Å². The largest absolute Gasteiger partial charge is 0.493 e. The Morgan fingerprint density at radius 2 is 1.90 bits per heavy atom. The maximum absolute atomic E-state index is 13.6. The second kappa shape index (κ2) is 6.06. The molecule has 0 fully saturated rings. The van der Waals surface area contributed by atoms with Gasteiger partial charge in [0.05, 0.1) is 6.61 Å². The number of aliphatic hydroxyl groups excluding tert-OH is 1. The molecule has 3 heteroatoms. The van der Waals surface area contributed by atoms with Crippen LogP contribution in [0, 0.1) is 19.7 Å². The van der Waals surface area contributed by atoms with Gasteiger partial charge in [-0.15, -0.1) is 0 Å². The van der Waals surface area contributed by atoms with Gasteiger partial charge in [-0.2, -0.15) is 0 Å². The first-order chi connectivity index (χ1) is 9.52. The number of rotatable bonds is 4. The zero-order valence-electron chi connectivity index (χ0n) is 12.0. The van der Waals surface area contributed by atoms with E-state index in [1.807, 2.05) is 32.0 Å². The predicted octanol–water partition coefficient (Wildman–Crippen LogP) is 3.92. The molecule has 0 radical (unpaired) electrons. The molecule has 0 bridgehead atoms. The maximum atomic E-state index is 13.6. The van der Waals surface area contributed by atoms with E-state index >= 15 is 0 Å². The van der Waals surface area contributed by atoms with E-state index in [2.05, 4.69) is 0 Å². The van der Waals surface area contributed by atoms with E-state index < -0.39 is 6.10 Å². The molecular weight excluding hydrogens is 255 g/mol. The molecule has 0 aliphatic rings. The summed E-state index contributed by atoms with van der Waals surface area (Å²) in [7, 11) is 0. The molecule has 106 valence electrons. The lowest BCUT2D eigenvalue weighted by atomic mass is 9.98. The molecule has 1 unspecified atom stereocenters. The van der Waals surface area contributed by atoms with Crippen LogP contribution in [0.2, 0.25) is 0 Å². The van der Waals surface area contributed by atoms with Crippen LogP contribution in [0.15, 0.2) is 36.4 Å².